The quantitative estimate of drug-likeness (QED) is 0.567. The number of fused-ring (bicyclic) bond motifs is 1. The minimum absolute atomic E-state index is 0.135. The SMILES string of the molecule is COc1ccc(C(=O)N2CCn3cccc3C2c2ccccc2F)cc1C(F)(F)F. The molecule has 0 bridgehead atoms. The van der Waals surface area contributed by atoms with Gasteiger partial charge in [0.25, 0.3) is 5.91 Å². The molecule has 1 aromatic heterocycles. The number of ether oxygens (including phenoxy) is 1. The molecule has 3 aromatic rings. The summed E-state index contributed by atoms with van der Waals surface area (Å²) in [7, 11) is 1.14. The van der Waals surface area contributed by atoms with Crippen molar-refractivity contribution in [2.45, 2.75) is 18.8 Å². The summed E-state index contributed by atoms with van der Waals surface area (Å²) in [6, 6.07) is 12.1. The summed E-state index contributed by atoms with van der Waals surface area (Å²) in [5.41, 5.74) is -0.178. The molecule has 1 aliphatic heterocycles. The van der Waals surface area contributed by atoms with Crippen LogP contribution < -0.4 is 4.74 Å². The fourth-order valence-corrected chi connectivity index (χ4v) is 3.85. The highest BCUT2D eigenvalue weighted by atomic mass is 19.4. The van der Waals surface area contributed by atoms with Gasteiger partial charge < -0.3 is 14.2 Å². The van der Waals surface area contributed by atoms with Crippen LogP contribution in [-0.2, 0) is 12.7 Å². The monoisotopic (exact) mass is 418 g/mol. The molecule has 0 spiro atoms. The average Bonchev–Trinajstić information content (AvgIpc) is 3.21. The number of methoxy groups -OCH3 is 1. The Labute approximate surface area is 170 Å². The van der Waals surface area contributed by atoms with Gasteiger partial charge in [0.05, 0.1) is 12.7 Å². The first-order valence-electron chi connectivity index (χ1n) is 9.27. The Balaban J connectivity index is 1.79. The maximum atomic E-state index is 14.6. The number of hydrogen-bond acceptors (Lipinski definition) is 2. The number of carbonyl (C=O) groups is 1. The maximum Gasteiger partial charge on any atom is 0.419 e. The van der Waals surface area contributed by atoms with Crippen LogP contribution >= 0.6 is 0 Å². The van der Waals surface area contributed by atoms with E-state index in [1.165, 1.54) is 17.0 Å². The number of carbonyl (C=O) groups excluding carboxylic acids is 1. The molecule has 0 N–H and O–H groups in total. The van der Waals surface area contributed by atoms with Crippen molar-refractivity contribution in [3.8, 4) is 5.75 Å². The highest BCUT2D eigenvalue weighted by Gasteiger charge is 2.37. The van der Waals surface area contributed by atoms with Gasteiger partial charge in [-0.15, -0.1) is 0 Å². The van der Waals surface area contributed by atoms with Gasteiger partial charge in [-0.1, -0.05) is 18.2 Å². The molecule has 0 saturated heterocycles. The van der Waals surface area contributed by atoms with Crippen LogP contribution in [0, 0.1) is 5.82 Å². The van der Waals surface area contributed by atoms with Crippen LogP contribution in [0.15, 0.2) is 60.8 Å². The molecule has 4 rings (SSSR count). The first kappa shape index (κ1) is 20.0. The van der Waals surface area contributed by atoms with Crippen molar-refractivity contribution in [2.24, 2.45) is 0 Å². The molecule has 30 heavy (non-hydrogen) atoms. The van der Waals surface area contributed by atoms with Gasteiger partial charge in [0.2, 0.25) is 0 Å². The van der Waals surface area contributed by atoms with Crippen LogP contribution in [0.5, 0.6) is 5.75 Å². The van der Waals surface area contributed by atoms with E-state index in [2.05, 4.69) is 0 Å². The second-order valence-corrected chi connectivity index (χ2v) is 6.96. The summed E-state index contributed by atoms with van der Waals surface area (Å²) in [5.74, 6) is -1.46. The van der Waals surface area contributed by atoms with E-state index in [0.717, 1.165) is 19.2 Å². The van der Waals surface area contributed by atoms with Gasteiger partial charge in [0.15, 0.2) is 0 Å². The third-order valence-electron chi connectivity index (χ3n) is 5.25. The Bertz CT molecular complexity index is 1090. The first-order chi connectivity index (χ1) is 14.3. The zero-order valence-corrected chi connectivity index (χ0v) is 16.0. The number of nitrogens with zero attached hydrogens (tertiary/aromatic N) is 2. The number of hydrogen-bond donors (Lipinski definition) is 0. The largest absolute Gasteiger partial charge is 0.496 e. The molecule has 0 radical (unpaired) electrons. The molecule has 2 aromatic carbocycles. The zero-order valence-electron chi connectivity index (χ0n) is 16.0. The first-order valence-corrected chi connectivity index (χ1v) is 9.27. The second kappa shape index (κ2) is 7.51. The third-order valence-corrected chi connectivity index (χ3v) is 5.25. The highest BCUT2D eigenvalue weighted by molar-refractivity contribution is 5.95. The van der Waals surface area contributed by atoms with E-state index in [0.29, 0.717) is 12.2 Å². The van der Waals surface area contributed by atoms with Gasteiger partial charge >= 0.3 is 6.18 Å². The molecule has 1 amide bonds. The van der Waals surface area contributed by atoms with Gasteiger partial charge in [0.1, 0.15) is 17.6 Å². The fraction of sp³-hybridized carbons (Fsp3) is 0.227. The van der Waals surface area contributed by atoms with Crippen molar-refractivity contribution < 1.29 is 27.1 Å². The van der Waals surface area contributed by atoms with E-state index in [-0.39, 0.29) is 23.4 Å². The van der Waals surface area contributed by atoms with E-state index in [1.807, 2.05) is 10.8 Å². The van der Waals surface area contributed by atoms with Crippen LogP contribution in [0.4, 0.5) is 17.6 Å². The standard InChI is InChI=1S/C22H18F4N2O2/c1-30-19-9-8-14(13-16(19)22(24,25)26)21(29)28-12-11-27-10-4-7-18(27)20(28)15-5-2-3-6-17(15)23/h2-10,13,20H,11-12H2,1H3. The Kier molecular flexibility index (Phi) is 5.01. The van der Waals surface area contributed by atoms with Crippen molar-refractivity contribution in [2.75, 3.05) is 13.7 Å². The van der Waals surface area contributed by atoms with Gasteiger partial charge in [-0.3, -0.25) is 4.79 Å². The van der Waals surface area contributed by atoms with Crippen LogP contribution in [0.1, 0.15) is 33.2 Å². The van der Waals surface area contributed by atoms with Gasteiger partial charge in [0, 0.05) is 36.1 Å². The summed E-state index contributed by atoms with van der Waals surface area (Å²) in [6.45, 7) is 0.689. The summed E-state index contributed by atoms with van der Waals surface area (Å²) < 4.78 is 61.6. The minimum atomic E-state index is -4.68. The number of alkyl halides is 3. The van der Waals surface area contributed by atoms with Crippen molar-refractivity contribution >= 4 is 5.91 Å². The number of aromatic nitrogens is 1. The smallest absolute Gasteiger partial charge is 0.419 e. The molecule has 2 heterocycles. The Hall–Kier alpha value is -3.29. The van der Waals surface area contributed by atoms with Crippen molar-refractivity contribution in [3.05, 3.63) is 89.0 Å². The molecule has 8 heteroatoms. The van der Waals surface area contributed by atoms with E-state index in [4.69, 9.17) is 4.74 Å². The molecule has 1 aliphatic rings. The fourth-order valence-electron chi connectivity index (χ4n) is 3.85. The lowest BCUT2D eigenvalue weighted by Crippen LogP contribution is -2.42. The number of amides is 1. The van der Waals surface area contributed by atoms with E-state index in [9.17, 15) is 22.4 Å². The Morgan fingerprint density at radius 1 is 1.07 bits per heavy atom. The summed E-state index contributed by atoms with van der Waals surface area (Å²) in [6.07, 6.45) is -2.84. The number of rotatable bonds is 3. The normalized spacial score (nSPS) is 16.3. The zero-order chi connectivity index (χ0) is 21.5. The van der Waals surface area contributed by atoms with Crippen molar-refractivity contribution in [1.29, 1.82) is 0 Å². The van der Waals surface area contributed by atoms with Crippen molar-refractivity contribution in [1.82, 2.24) is 9.47 Å². The second-order valence-electron chi connectivity index (χ2n) is 6.96. The van der Waals surface area contributed by atoms with E-state index in [1.54, 1.807) is 30.3 Å². The summed E-state index contributed by atoms with van der Waals surface area (Å²) >= 11 is 0. The van der Waals surface area contributed by atoms with Gasteiger partial charge in [-0.2, -0.15) is 13.2 Å². The highest BCUT2D eigenvalue weighted by Crippen LogP contribution is 2.38. The lowest BCUT2D eigenvalue weighted by atomic mass is 9.98. The van der Waals surface area contributed by atoms with Gasteiger partial charge in [-0.05, 0) is 36.4 Å². The minimum Gasteiger partial charge on any atom is -0.496 e. The van der Waals surface area contributed by atoms with Crippen molar-refractivity contribution in [3.63, 3.8) is 0 Å². The molecule has 156 valence electrons. The Morgan fingerprint density at radius 2 is 1.83 bits per heavy atom. The third kappa shape index (κ3) is 3.42. The molecule has 0 fully saturated rings. The van der Waals surface area contributed by atoms with Crippen LogP contribution in [0.25, 0.3) is 0 Å². The molecule has 1 atom stereocenters. The number of benzene rings is 2. The maximum absolute atomic E-state index is 14.6. The average molecular weight is 418 g/mol. The van der Waals surface area contributed by atoms with E-state index < -0.39 is 29.5 Å². The Morgan fingerprint density at radius 3 is 2.53 bits per heavy atom. The number of halogens is 4. The molecule has 0 aliphatic carbocycles. The summed E-state index contributed by atoms with van der Waals surface area (Å²) in [5, 5.41) is 0. The van der Waals surface area contributed by atoms with Crippen LogP contribution in [0.2, 0.25) is 0 Å². The topological polar surface area (TPSA) is 34.5 Å². The van der Waals surface area contributed by atoms with Crippen LogP contribution in [0.3, 0.4) is 0 Å². The summed E-state index contributed by atoms with van der Waals surface area (Å²) in [4.78, 5) is 14.7. The molecule has 0 saturated carbocycles. The lowest BCUT2D eigenvalue weighted by Gasteiger charge is -2.37. The predicted molar refractivity (Wildman–Crippen MR) is 102 cm³/mol. The lowest BCUT2D eigenvalue weighted by molar-refractivity contribution is -0.138. The predicted octanol–water partition coefficient (Wildman–Crippen LogP) is 4.90. The molecular weight excluding hydrogens is 400 g/mol. The molecular formula is C22H18F4N2O2. The van der Waals surface area contributed by atoms with E-state index >= 15 is 0 Å². The van der Waals surface area contributed by atoms with Crippen LogP contribution in [-0.4, -0.2) is 29.0 Å². The molecule has 1 unspecified atom stereocenters. The van der Waals surface area contributed by atoms with Gasteiger partial charge in [-0.25, -0.2) is 4.39 Å². The molecule has 4 nitrogen and oxygen atoms in total.